The number of carbonyl (C=O) groups excluding carboxylic acids is 3. The Kier molecular flexibility index (Phi) is 7.56. The van der Waals surface area contributed by atoms with Crippen molar-refractivity contribution in [1.82, 2.24) is 5.32 Å². The molecule has 3 amide bonds. The van der Waals surface area contributed by atoms with Gasteiger partial charge in [-0.25, -0.2) is 9.59 Å². The second kappa shape index (κ2) is 10.1. The first-order chi connectivity index (χ1) is 13.4. The number of carbonyl (C=O) groups is 3. The van der Waals surface area contributed by atoms with E-state index < -0.39 is 24.6 Å². The molecule has 0 bridgehead atoms. The van der Waals surface area contributed by atoms with E-state index in [2.05, 4.69) is 10.6 Å². The topological polar surface area (TPSA) is 87.7 Å². The van der Waals surface area contributed by atoms with E-state index in [1.54, 1.807) is 29.2 Å². The Labute approximate surface area is 164 Å². The highest BCUT2D eigenvalue weighted by atomic mass is 16.5. The Morgan fingerprint density at radius 1 is 0.929 bits per heavy atom. The minimum atomic E-state index is -0.902. The van der Waals surface area contributed by atoms with Crippen molar-refractivity contribution in [3.8, 4) is 0 Å². The van der Waals surface area contributed by atoms with E-state index >= 15 is 0 Å². The third kappa shape index (κ3) is 6.12. The van der Waals surface area contributed by atoms with Crippen molar-refractivity contribution in [2.75, 3.05) is 16.8 Å². The molecule has 148 valence electrons. The minimum Gasteiger partial charge on any atom is -0.454 e. The summed E-state index contributed by atoms with van der Waals surface area (Å²) in [6.45, 7) is 4.85. The van der Waals surface area contributed by atoms with Crippen molar-refractivity contribution in [2.24, 2.45) is 0 Å². The maximum absolute atomic E-state index is 12.5. The maximum atomic E-state index is 12.5. The van der Waals surface area contributed by atoms with Gasteiger partial charge in [0, 0.05) is 17.4 Å². The van der Waals surface area contributed by atoms with E-state index in [1.807, 2.05) is 50.2 Å². The molecule has 0 aromatic heterocycles. The number of hydrogen-bond acceptors (Lipinski definition) is 4. The van der Waals surface area contributed by atoms with Gasteiger partial charge < -0.3 is 20.3 Å². The number of esters is 1. The minimum absolute atomic E-state index is 0.0965. The number of ether oxygens (including phenoxy) is 1. The lowest BCUT2D eigenvalue weighted by Gasteiger charge is -2.27. The molecular formula is C21H25N3O4. The first-order valence-electron chi connectivity index (χ1n) is 9.04. The number of anilines is 2. The molecule has 28 heavy (non-hydrogen) atoms. The van der Waals surface area contributed by atoms with Gasteiger partial charge in [-0.05, 0) is 45.0 Å². The second-order valence-corrected chi connectivity index (χ2v) is 6.49. The summed E-state index contributed by atoms with van der Waals surface area (Å²) in [5.74, 6) is -1.02. The normalized spacial score (nSPS) is 11.4. The van der Waals surface area contributed by atoms with Crippen LogP contribution in [0.5, 0.6) is 0 Å². The number of nitrogens with zero attached hydrogens (tertiary/aromatic N) is 1. The first kappa shape index (κ1) is 21.0. The highest BCUT2D eigenvalue weighted by molar-refractivity contribution is 5.96. The van der Waals surface area contributed by atoms with E-state index in [4.69, 9.17) is 4.74 Å². The molecule has 2 N–H and O–H groups in total. The molecule has 1 atom stereocenters. The van der Waals surface area contributed by atoms with Crippen molar-refractivity contribution >= 4 is 29.3 Å². The largest absolute Gasteiger partial charge is 0.454 e. The van der Waals surface area contributed by atoms with E-state index in [-0.39, 0.29) is 11.9 Å². The molecular weight excluding hydrogens is 358 g/mol. The van der Waals surface area contributed by atoms with Gasteiger partial charge in [-0.3, -0.25) is 4.79 Å². The summed E-state index contributed by atoms with van der Waals surface area (Å²) in [5, 5.41) is 5.10. The lowest BCUT2D eigenvalue weighted by atomic mass is 10.2. The van der Waals surface area contributed by atoms with Crippen LogP contribution in [-0.2, 0) is 14.3 Å². The summed E-state index contributed by atoms with van der Waals surface area (Å²) in [4.78, 5) is 38.2. The highest BCUT2D eigenvalue weighted by Gasteiger charge is 2.23. The van der Waals surface area contributed by atoms with Gasteiger partial charge in [-0.2, -0.15) is 0 Å². The number of benzene rings is 2. The van der Waals surface area contributed by atoms with E-state index in [0.29, 0.717) is 5.69 Å². The number of nitrogens with one attached hydrogen (secondary N) is 2. The molecule has 0 fully saturated rings. The number of para-hydroxylation sites is 2. The fourth-order valence-electron chi connectivity index (χ4n) is 2.59. The summed E-state index contributed by atoms with van der Waals surface area (Å²) in [7, 11) is 0. The van der Waals surface area contributed by atoms with Crippen molar-refractivity contribution in [3.63, 3.8) is 0 Å². The standard InChI is InChI=1S/C21H25N3O4/c1-15(2)24(18-12-8-5-9-13-18)19(25)14-28-20(26)16(3)22-21(27)23-17-10-6-4-7-11-17/h4-13,15-16H,14H2,1-3H3,(H2,22,23,27)/t16-/m0/s1. The summed E-state index contributed by atoms with van der Waals surface area (Å²) in [5.41, 5.74) is 1.33. The number of urea groups is 1. The smallest absolute Gasteiger partial charge is 0.328 e. The maximum Gasteiger partial charge on any atom is 0.328 e. The third-order valence-corrected chi connectivity index (χ3v) is 3.89. The van der Waals surface area contributed by atoms with Gasteiger partial charge in [0.25, 0.3) is 5.91 Å². The molecule has 0 heterocycles. The zero-order chi connectivity index (χ0) is 20.5. The Morgan fingerprint density at radius 2 is 1.50 bits per heavy atom. The van der Waals surface area contributed by atoms with Gasteiger partial charge in [-0.1, -0.05) is 36.4 Å². The van der Waals surface area contributed by atoms with Crippen LogP contribution in [0.3, 0.4) is 0 Å². The SMILES string of the molecule is CC(C)N(C(=O)COC(=O)[C@H](C)NC(=O)Nc1ccccc1)c1ccccc1. The highest BCUT2D eigenvalue weighted by Crippen LogP contribution is 2.16. The summed E-state index contributed by atoms with van der Waals surface area (Å²) in [6.07, 6.45) is 0. The molecule has 0 saturated carbocycles. The number of rotatable bonds is 7. The molecule has 2 aromatic rings. The van der Waals surface area contributed by atoms with Crippen LogP contribution in [0, 0.1) is 0 Å². The fourth-order valence-corrected chi connectivity index (χ4v) is 2.59. The fraction of sp³-hybridized carbons (Fsp3) is 0.286. The molecule has 7 heteroatoms. The zero-order valence-electron chi connectivity index (χ0n) is 16.2. The molecule has 0 radical (unpaired) electrons. The number of amides is 3. The van der Waals surface area contributed by atoms with Crippen LogP contribution in [0.15, 0.2) is 60.7 Å². The van der Waals surface area contributed by atoms with Crippen LogP contribution < -0.4 is 15.5 Å². The lowest BCUT2D eigenvalue weighted by molar-refractivity contribution is -0.149. The predicted octanol–water partition coefficient (Wildman–Crippen LogP) is 3.18. The number of hydrogen-bond donors (Lipinski definition) is 2. The summed E-state index contributed by atoms with van der Waals surface area (Å²) >= 11 is 0. The van der Waals surface area contributed by atoms with Crippen LogP contribution in [0.25, 0.3) is 0 Å². The lowest BCUT2D eigenvalue weighted by Crippen LogP contribution is -2.44. The molecule has 0 spiro atoms. The van der Waals surface area contributed by atoms with Crippen LogP contribution in [-0.4, -0.2) is 36.6 Å². The Hall–Kier alpha value is -3.35. The van der Waals surface area contributed by atoms with Crippen molar-refractivity contribution in [1.29, 1.82) is 0 Å². The van der Waals surface area contributed by atoms with E-state index in [1.165, 1.54) is 6.92 Å². The van der Waals surface area contributed by atoms with Gasteiger partial charge in [0.2, 0.25) is 0 Å². The zero-order valence-corrected chi connectivity index (χ0v) is 16.2. The van der Waals surface area contributed by atoms with Crippen molar-refractivity contribution < 1.29 is 19.1 Å². The molecule has 0 aliphatic carbocycles. The van der Waals surface area contributed by atoms with Gasteiger partial charge in [0.15, 0.2) is 6.61 Å². The average Bonchev–Trinajstić information content (AvgIpc) is 2.67. The summed E-state index contributed by atoms with van der Waals surface area (Å²) in [6, 6.07) is 16.5. The molecule has 0 saturated heterocycles. The molecule has 0 unspecified atom stereocenters. The van der Waals surface area contributed by atoms with Gasteiger partial charge in [-0.15, -0.1) is 0 Å². The molecule has 0 aliphatic heterocycles. The van der Waals surface area contributed by atoms with Crippen LogP contribution in [0.1, 0.15) is 20.8 Å². The van der Waals surface area contributed by atoms with Gasteiger partial charge in [0.1, 0.15) is 6.04 Å². The van der Waals surface area contributed by atoms with Crippen LogP contribution in [0.2, 0.25) is 0 Å². The van der Waals surface area contributed by atoms with E-state index in [9.17, 15) is 14.4 Å². The molecule has 7 nitrogen and oxygen atoms in total. The molecule has 2 aromatic carbocycles. The second-order valence-electron chi connectivity index (χ2n) is 6.49. The van der Waals surface area contributed by atoms with E-state index in [0.717, 1.165) is 5.69 Å². The van der Waals surface area contributed by atoms with Crippen molar-refractivity contribution in [3.05, 3.63) is 60.7 Å². The predicted molar refractivity (Wildman–Crippen MR) is 108 cm³/mol. The van der Waals surface area contributed by atoms with Crippen LogP contribution >= 0.6 is 0 Å². The molecule has 0 aliphatic rings. The monoisotopic (exact) mass is 383 g/mol. The van der Waals surface area contributed by atoms with Crippen molar-refractivity contribution in [2.45, 2.75) is 32.9 Å². The van der Waals surface area contributed by atoms with Crippen LogP contribution in [0.4, 0.5) is 16.2 Å². The first-order valence-corrected chi connectivity index (χ1v) is 9.04. The molecule has 2 rings (SSSR count). The quantitative estimate of drug-likeness (QED) is 0.719. The Morgan fingerprint density at radius 3 is 2.07 bits per heavy atom. The Bertz CT molecular complexity index is 794. The van der Waals surface area contributed by atoms with Gasteiger partial charge >= 0.3 is 12.0 Å². The third-order valence-electron chi connectivity index (χ3n) is 3.89. The average molecular weight is 383 g/mol. The summed E-state index contributed by atoms with van der Waals surface area (Å²) < 4.78 is 5.10. The van der Waals surface area contributed by atoms with Gasteiger partial charge in [0.05, 0.1) is 0 Å². The Balaban J connectivity index is 1.86.